The number of benzene rings is 2. The number of likely N-dealkylation sites (tertiary alicyclic amines) is 1. The highest BCUT2D eigenvalue weighted by molar-refractivity contribution is 7.89. The molecule has 0 aromatic heterocycles. The maximum Gasteiger partial charge on any atom is 0.304 e. The van der Waals surface area contributed by atoms with Crippen LogP contribution in [0.2, 0.25) is 10.0 Å². The lowest BCUT2D eigenvalue weighted by Crippen LogP contribution is -2.58. The summed E-state index contributed by atoms with van der Waals surface area (Å²) in [6.07, 6.45) is 0.219. The molecule has 0 bridgehead atoms. The van der Waals surface area contributed by atoms with E-state index >= 15 is 0 Å². The summed E-state index contributed by atoms with van der Waals surface area (Å²) in [6, 6.07) is 13.2. The van der Waals surface area contributed by atoms with Gasteiger partial charge < -0.3 is 14.7 Å². The third-order valence-electron chi connectivity index (χ3n) is 8.03. The molecule has 0 aliphatic carbocycles. The number of aliphatic carboxylic acids is 1. The first-order valence-corrected chi connectivity index (χ1v) is 15.8. The Kier molecular flexibility index (Phi) is 9.22. The lowest BCUT2D eigenvalue weighted by atomic mass is 9.67. The predicted molar refractivity (Wildman–Crippen MR) is 155 cm³/mol. The van der Waals surface area contributed by atoms with Crippen LogP contribution in [0, 0.1) is 10.8 Å². The number of amides is 1. The summed E-state index contributed by atoms with van der Waals surface area (Å²) >= 11 is 12.6. The Balaban J connectivity index is 1.80. The number of hydrogen-bond acceptors (Lipinski definition) is 5. The van der Waals surface area contributed by atoms with Crippen LogP contribution in [-0.4, -0.2) is 61.9 Å². The zero-order valence-corrected chi connectivity index (χ0v) is 25.2. The van der Waals surface area contributed by atoms with E-state index < -0.39 is 33.5 Å². The van der Waals surface area contributed by atoms with E-state index in [0.29, 0.717) is 29.7 Å². The average molecular weight is 612 g/mol. The molecule has 0 spiro atoms. The Bertz CT molecular complexity index is 1350. The second-order valence-electron chi connectivity index (χ2n) is 11.7. The van der Waals surface area contributed by atoms with Crippen molar-refractivity contribution < 1.29 is 27.9 Å². The van der Waals surface area contributed by atoms with Gasteiger partial charge in [-0.3, -0.25) is 9.59 Å². The van der Waals surface area contributed by atoms with E-state index in [1.165, 1.54) is 0 Å². The molecule has 8 nitrogen and oxygen atoms in total. The number of nitrogens with one attached hydrogen (secondary N) is 1. The van der Waals surface area contributed by atoms with Gasteiger partial charge in [0.15, 0.2) is 0 Å². The standard InChI is InChI=1S/C29H36Cl2N2O6S/c1-4-23(15-40(37,38)32-16-28(2)17-39-18-28)33-26(19-8-10-21(30)11-9-19)24(20-6-5-7-22(31)12-20)13-29(3,27(33)36)14-25(34)35/h5-12,23-24,26,32H,4,13-18H2,1-3H3,(H,34,35)/t23?,24-,26-,29-/m1/s1. The van der Waals surface area contributed by atoms with Crippen molar-refractivity contribution in [3.05, 3.63) is 69.7 Å². The fourth-order valence-corrected chi connectivity index (χ4v) is 7.74. The molecular weight excluding hydrogens is 575 g/mol. The number of carbonyl (C=O) groups is 2. The maximum absolute atomic E-state index is 14.3. The van der Waals surface area contributed by atoms with Gasteiger partial charge in [-0.2, -0.15) is 0 Å². The van der Waals surface area contributed by atoms with Crippen LogP contribution >= 0.6 is 23.2 Å². The molecule has 2 aliphatic heterocycles. The summed E-state index contributed by atoms with van der Waals surface area (Å²) < 4.78 is 34.6. The molecule has 4 rings (SSSR count). The fourth-order valence-electron chi connectivity index (χ4n) is 5.82. The Morgan fingerprint density at radius 2 is 1.80 bits per heavy atom. The van der Waals surface area contributed by atoms with Crippen molar-refractivity contribution in [3.63, 3.8) is 0 Å². The fraction of sp³-hybridized carbons (Fsp3) is 0.517. The Labute approximate surface area is 246 Å². The van der Waals surface area contributed by atoms with Gasteiger partial charge in [-0.05, 0) is 48.2 Å². The second-order valence-corrected chi connectivity index (χ2v) is 14.4. The van der Waals surface area contributed by atoms with Crippen LogP contribution in [0.5, 0.6) is 0 Å². The molecule has 2 fully saturated rings. The number of nitrogens with zero attached hydrogens (tertiary/aromatic N) is 1. The molecule has 2 aromatic rings. The van der Waals surface area contributed by atoms with E-state index in [2.05, 4.69) is 4.72 Å². The van der Waals surface area contributed by atoms with Gasteiger partial charge >= 0.3 is 5.97 Å². The number of ether oxygens (including phenoxy) is 1. The van der Waals surface area contributed by atoms with Gasteiger partial charge in [-0.1, -0.05) is 68.2 Å². The minimum atomic E-state index is -3.79. The molecule has 2 saturated heterocycles. The van der Waals surface area contributed by atoms with E-state index in [1.54, 1.807) is 30.0 Å². The van der Waals surface area contributed by atoms with Crippen LogP contribution < -0.4 is 4.72 Å². The summed E-state index contributed by atoms with van der Waals surface area (Å²) in [5, 5.41) is 10.8. The highest BCUT2D eigenvalue weighted by atomic mass is 35.5. The third kappa shape index (κ3) is 6.82. The normalized spacial score (nSPS) is 25.3. The summed E-state index contributed by atoms with van der Waals surface area (Å²) in [6.45, 7) is 6.64. The van der Waals surface area contributed by atoms with Crippen molar-refractivity contribution in [2.75, 3.05) is 25.5 Å². The Morgan fingerprint density at radius 1 is 1.12 bits per heavy atom. The summed E-state index contributed by atoms with van der Waals surface area (Å²) in [7, 11) is -3.79. The van der Waals surface area contributed by atoms with Crippen molar-refractivity contribution in [2.24, 2.45) is 10.8 Å². The quantitative estimate of drug-likeness (QED) is 0.358. The van der Waals surface area contributed by atoms with E-state index in [0.717, 1.165) is 11.1 Å². The summed E-state index contributed by atoms with van der Waals surface area (Å²) in [5.41, 5.74) is 0.0981. The first-order valence-electron chi connectivity index (χ1n) is 13.4. The van der Waals surface area contributed by atoms with Gasteiger partial charge in [0.05, 0.1) is 36.8 Å². The Hall–Kier alpha value is -2.17. The van der Waals surface area contributed by atoms with E-state index in [4.69, 9.17) is 27.9 Å². The summed E-state index contributed by atoms with van der Waals surface area (Å²) in [4.78, 5) is 27.9. The summed E-state index contributed by atoms with van der Waals surface area (Å²) in [5.74, 6) is -2.14. The zero-order valence-electron chi connectivity index (χ0n) is 22.9. The van der Waals surface area contributed by atoms with E-state index in [-0.39, 0.29) is 42.4 Å². The Morgan fingerprint density at radius 3 is 2.35 bits per heavy atom. The number of hydrogen-bond donors (Lipinski definition) is 2. The van der Waals surface area contributed by atoms with Gasteiger partial charge in [0.25, 0.3) is 0 Å². The van der Waals surface area contributed by atoms with Gasteiger partial charge in [0.1, 0.15) is 0 Å². The third-order valence-corrected chi connectivity index (χ3v) is 9.92. The monoisotopic (exact) mass is 610 g/mol. The molecule has 2 aliphatic rings. The number of halogens is 2. The molecule has 1 amide bonds. The van der Waals surface area contributed by atoms with Gasteiger partial charge in [-0.15, -0.1) is 0 Å². The first-order chi connectivity index (χ1) is 18.8. The largest absolute Gasteiger partial charge is 0.481 e. The van der Waals surface area contributed by atoms with Crippen LogP contribution in [0.4, 0.5) is 0 Å². The van der Waals surface area contributed by atoms with Crippen LogP contribution in [0.25, 0.3) is 0 Å². The molecule has 0 saturated carbocycles. The molecular formula is C29H36Cl2N2O6S. The van der Waals surface area contributed by atoms with Crippen molar-refractivity contribution >= 4 is 45.1 Å². The van der Waals surface area contributed by atoms with Gasteiger partial charge in [0, 0.05) is 34.0 Å². The van der Waals surface area contributed by atoms with E-state index in [9.17, 15) is 23.1 Å². The van der Waals surface area contributed by atoms with Crippen molar-refractivity contribution in [1.82, 2.24) is 9.62 Å². The number of carboxylic acid groups (broad SMARTS) is 1. The highest BCUT2D eigenvalue weighted by Crippen LogP contribution is 2.52. The van der Waals surface area contributed by atoms with Crippen LogP contribution in [-0.2, 0) is 24.3 Å². The molecule has 2 N–H and O–H groups in total. The minimum Gasteiger partial charge on any atom is -0.481 e. The lowest BCUT2D eigenvalue weighted by Gasteiger charge is -2.51. The SMILES string of the molecule is CCC(CS(=O)(=O)NCC1(C)COC1)N1C(=O)[C@@](C)(CC(=O)O)C[C@H](c2cccc(Cl)c2)[C@H]1c1ccc(Cl)cc1. The number of carbonyl (C=O) groups excluding carboxylic acids is 1. The van der Waals surface area contributed by atoms with Gasteiger partial charge in [-0.25, -0.2) is 13.1 Å². The second kappa shape index (κ2) is 12.0. The molecule has 40 heavy (non-hydrogen) atoms. The molecule has 218 valence electrons. The maximum atomic E-state index is 14.3. The van der Waals surface area contributed by atoms with Crippen molar-refractivity contribution in [1.29, 1.82) is 0 Å². The number of carboxylic acids is 1. The van der Waals surface area contributed by atoms with Crippen molar-refractivity contribution in [3.8, 4) is 0 Å². The number of sulfonamides is 1. The molecule has 2 aromatic carbocycles. The first kappa shape index (κ1) is 30.8. The molecule has 1 unspecified atom stereocenters. The topological polar surface area (TPSA) is 113 Å². The van der Waals surface area contributed by atoms with Crippen LogP contribution in [0.3, 0.4) is 0 Å². The molecule has 11 heteroatoms. The zero-order chi connectivity index (χ0) is 29.3. The smallest absolute Gasteiger partial charge is 0.304 e. The van der Waals surface area contributed by atoms with Crippen LogP contribution in [0.15, 0.2) is 48.5 Å². The van der Waals surface area contributed by atoms with Gasteiger partial charge in [0.2, 0.25) is 15.9 Å². The highest BCUT2D eigenvalue weighted by Gasteiger charge is 2.52. The van der Waals surface area contributed by atoms with Crippen LogP contribution in [0.1, 0.15) is 63.1 Å². The molecule has 4 atom stereocenters. The molecule has 0 radical (unpaired) electrons. The predicted octanol–water partition coefficient (Wildman–Crippen LogP) is 5.27. The molecule has 2 heterocycles. The average Bonchev–Trinajstić information content (AvgIpc) is 2.87. The van der Waals surface area contributed by atoms with E-state index in [1.807, 2.05) is 44.2 Å². The lowest BCUT2D eigenvalue weighted by molar-refractivity contribution is -0.160. The van der Waals surface area contributed by atoms with Crippen molar-refractivity contribution in [2.45, 2.75) is 58.0 Å². The number of rotatable bonds is 11. The number of piperidine rings is 1. The minimum absolute atomic E-state index is 0.238.